The van der Waals surface area contributed by atoms with E-state index in [-0.39, 0.29) is 5.91 Å². The molecule has 1 amide bonds. The molecule has 1 N–H and O–H groups in total. The van der Waals surface area contributed by atoms with Gasteiger partial charge < -0.3 is 19.5 Å². The molecule has 4 aromatic rings. The molecule has 1 unspecified atom stereocenters. The van der Waals surface area contributed by atoms with Crippen molar-refractivity contribution >= 4 is 16.7 Å². The van der Waals surface area contributed by atoms with E-state index in [0.29, 0.717) is 22.8 Å². The number of fused-ring (bicyclic) bond motifs is 1. The number of benzene rings is 4. The Bertz CT molecular complexity index is 1210. The summed E-state index contributed by atoms with van der Waals surface area (Å²) in [6, 6.07) is 26.4. The second kappa shape index (κ2) is 9.43. The van der Waals surface area contributed by atoms with E-state index in [1.165, 1.54) is 0 Å². The second-order valence-electron chi connectivity index (χ2n) is 7.29. The lowest BCUT2D eigenvalue weighted by molar-refractivity contribution is 0.0944. The van der Waals surface area contributed by atoms with Crippen molar-refractivity contribution < 1.29 is 19.0 Å². The fourth-order valence-electron chi connectivity index (χ4n) is 3.92. The highest BCUT2D eigenvalue weighted by molar-refractivity contribution is 6.07. The number of hydrogen-bond acceptors (Lipinski definition) is 4. The molecular weight excluding hydrogens is 402 g/mol. The summed E-state index contributed by atoms with van der Waals surface area (Å²) in [4.78, 5) is 13.5. The Morgan fingerprint density at radius 3 is 2.03 bits per heavy atom. The molecular formula is C27H25NO4. The molecule has 5 nitrogen and oxygen atoms in total. The molecule has 0 heterocycles. The van der Waals surface area contributed by atoms with Gasteiger partial charge in [-0.2, -0.15) is 0 Å². The van der Waals surface area contributed by atoms with Crippen molar-refractivity contribution in [3.05, 3.63) is 102 Å². The van der Waals surface area contributed by atoms with Crippen LogP contribution >= 0.6 is 0 Å². The van der Waals surface area contributed by atoms with Gasteiger partial charge in [-0.25, -0.2) is 0 Å². The number of nitrogens with one attached hydrogen (secondary N) is 1. The van der Waals surface area contributed by atoms with Crippen LogP contribution in [0.5, 0.6) is 17.2 Å². The van der Waals surface area contributed by atoms with Crippen molar-refractivity contribution in [1.29, 1.82) is 0 Å². The molecule has 0 saturated carbocycles. The quantitative estimate of drug-likeness (QED) is 0.430. The van der Waals surface area contributed by atoms with Crippen molar-refractivity contribution in [2.45, 2.75) is 6.04 Å². The Morgan fingerprint density at radius 2 is 1.38 bits per heavy atom. The number of rotatable bonds is 7. The first-order valence-corrected chi connectivity index (χ1v) is 10.3. The van der Waals surface area contributed by atoms with Crippen LogP contribution in [0.2, 0.25) is 0 Å². The van der Waals surface area contributed by atoms with Crippen molar-refractivity contribution in [3.63, 3.8) is 0 Å². The van der Waals surface area contributed by atoms with Crippen LogP contribution in [-0.2, 0) is 0 Å². The van der Waals surface area contributed by atoms with Gasteiger partial charge in [0.05, 0.1) is 32.9 Å². The highest BCUT2D eigenvalue weighted by Crippen LogP contribution is 2.41. The molecule has 0 aliphatic heterocycles. The van der Waals surface area contributed by atoms with Crippen molar-refractivity contribution in [2.24, 2.45) is 0 Å². The zero-order valence-corrected chi connectivity index (χ0v) is 18.3. The van der Waals surface area contributed by atoms with Gasteiger partial charge in [-0.15, -0.1) is 0 Å². The molecule has 0 aliphatic rings. The number of amides is 1. The summed E-state index contributed by atoms with van der Waals surface area (Å²) in [5.74, 6) is 1.55. The highest BCUT2D eigenvalue weighted by Gasteiger charge is 2.26. The van der Waals surface area contributed by atoms with E-state index >= 15 is 0 Å². The van der Waals surface area contributed by atoms with Crippen LogP contribution in [0.15, 0.2) is 84.9 Å². The third kappa shape index (κ3) is 4.10. The Hall–Kier alpha value is -3.99. The predicted octanol–water partition coefficient (Wildman–Crippen LogP) is 5.39. The molecule has 4 aromatic carbocycles. The third-order valence-electron chi connectivity index (χ3n) is 5.48. The molecule has 0 spiro atoms. The van der Waals surface area contributed by atoms with Gasteiger partial charge in [0.1, 0.15) is 17.2 Å². The number of carbonyl (C=O) groups excluding carboxylic acids is 1. The summed E-state index contributed by atoms with van der Waals surface area (Å²) in [7, 11) is 4.77. The molecule has 0 aliphatic carbocycles. The molecule has 4 rings (SSSR count). The number of ether oxygens (including phenoxy) is 3. The first kappa shape index (κ1) is 21.2. The molecule has 0 bridgehead atoms. The van der Waals surface area contributed by atoms with Gasteiger partial charge in [0, 0.05) is 17.7 Å². The van der Waals surface area contributed by atoms with Gasteiger partial charge >= 0.3 is 0 Å². The van der Waals surface area contributed by atoms with E-state index in [9.17, 15) is 4.79 Å². The minimum Gasteiger partial charge on any atom is -0.496 e. The monoisotopic (exact) mass is 427 g/mol. The van der Waals surface area contributed by atoms with Crippen LogP contribution in [0.4, 0.5) is 0 Å². The van der Waals surface area contributed by atoms with Crippen LogP contribution in [0.1, 0.15) is 27.5 Å². The molecule has 0 saturated heterocycles. The zero-order chi connectivity index (χ0) is 22.5. The fourth-order valence-corrected chi connectivity index (χ4v) is 3.92. The van der Waals surface area contributed by atoms with Gasteiger partial charge in [-0.05, 0) is 22.4 Å². The van der Waals surface area contributed by atoms with E-state index in [0.717, 1.165) is 21.9 Å². The van der Waals surface area contributed by atoms with Crippen molar-refractivity contribution in [3.8, 4) is 17.2 Å². The minimum atomic E-state index is -0.501. The summed E-state index contributed by atoms with van der Waals surface area (Å²) in [6.45, 7) is 0. The molecule has 1 atom stereocenters. The van der Waals surface area contributed by atoms with Gasteiger partial charge in [0.25, 0.3) is 5.91 Å². The van der Waals surface area contributed by atoms with E-state index < -0.39 is 6.04 Å². The van der Waals surface area contributed by atoms with Crippen molar-refractivity contribution in [1.82, 2.24) is 5.32 Å². The predicted molar refractivity (Wildman–Crippen MR) is 126 cm³/mol. The van der Waals surface area contributed by atoms with Crippen LogP contribution < -0.4 is 19.5 Å². The zero-order valence-electron chi connectivity index (χ0n) is 18.3. The molecule has 0 radical (unpaired) electrons. The van der Waals surface area contributed by atoms with Crippen LogP contribution in [0, 0.1) is 0 Å². The summed E-state index contributed by atoms with van der Waals surface area (Å²) in [6.07, 6.45) is 0. The standard InChI is InChI=1S/C27H25NO4/c1-30-20-16-23(31-2)25(24(17-20)32-3)26(19-11-5-4-6-12-19)28-27(29)22-15-9-13-18-10-7-8-14-21(18)22/h4-17,26H,1-3H3,(H,28,29). The van der Waals surface area contributed by atoms with E-state index in [4.69, 9.17) is 14.2 Å². The first-order chi connectivity index (χ1) is 15.7. The average Bonchev–Trinajstić information content (AvgIpc) is 2.86. The molecule has 32 heavy (non-hydrogen) atoms. The SMILES string of the molecule is COc1cc(OC)c(C(NC(=O)c2cccc3ccccc23)c2ccccc2)c(OC)c1. The molecule has 0 fully saturated rings. The first-order valence-electron chi connectivity index (χ1n) is 10.3. The van der Waals surface area contributed by atoms with Gasteiger partial charge in [0.2, 0.25) is 0 Å². The maximum Gasteiger partial charge on any atom is 0.252 e. The maximum atomic E-state index is 13.5. The summed E-state index contributed by atoms with van der Waals surface area (Å²) in [5.41, 5.74) is 2.23. The number of hydrogen-bond donors (Lipinski definition) is 1. The largest absolute Gasteiger partial charge is 0.496 e. The normalized spacial score (nSPS) is 11.6. The number of carbonyl (C=O) groups is 1. The average molecular weight is 428 g/mol. The second-order valence-corrected chi connectivity index (χ2v) is 7.29. The highest BCUT2D eigenvalue weighted by atomic mass is 16.5. The molecule has 162 valence electrons. The Balaban J connectivity index is 1.84. The van der Waals surface area contributed by atoms with Gasteiger partial charge in [0.15, 0.2) is 0 Å². The van der Waals surface area contributed by atoms with Crippen LogP contribution in [0.25, 0.3) is 10.8 Å². The Kier molecular flexibility index (Phi) is 6.26. The third-order valence-corrected chi connectivity index (χ3v) is 5.48. The van der Waals surface area contributed by atoms with E-state index in [2.05, 4.69) is 5.32 Å². The maximum absolute atomic E-state index is 13.5. The summed E-state index contributed by atoms with van der Waals surface area (Å²) >= 11 is 0. The lowest BCUT2D eigenvalue weighted by atomic mass is 9.95. The summed E-state index contributed by atoms with van der Waals surface area (Å²) < 4.78 is 16.7. The van der Waals surface area contributed by atoms with Crippen molar-refractivity contribution in [2.75, 3.05) is 21.3 Å². The lowest BCUT2D eigenvalue weighted by Gasteiger charge is -2.25. The summed E-state index contributed by atoms with van der Waals surface area (Å²) in [5, 5.41) is 5.11. The topological polar surface area (TPSA) is 56.8 Å². The van der Waals surface area contributed by atoms with Gasteiger partial charge in [-0.3, -0.25) is 4.79 Å². The number of methoxy groups -OCH3 is 3. The fraction of sp³-hybridized carbons (Fsp3) is 0.148. The van der Waals surface area contributed by atoms with Gasteiger partial charge in [-0.1, -0.05) is 66.7 Å². The minimum absolute atomic E-state index is 0.185. The smallest absolute Gasteiger partial charge is 0.252 e. The lowest BCUT2D eigenvalue weighted by Crippen LogP contribution is -2.30. The van der Waals surface area contributed by atoms with E-state index in [1.807, 2.05) is 72.8 Å². The van der Waals surface area contributed by atoms with E-state index in [1.54, 1.807) is 33.5 Å². The Labute approximate surface area is 187 Å². The molecule has 5 heteroatoms. The van der Waals surface area contributed by atoms with Crippen LogP contribution in [0.3, 0.4) is 0 Å². The molecule has 0 aromatic heterocycles. The van der Waals surface area contributed by atoms with Crippen LogP contribution in [-0.4, -0.2) is 27.2 Å². The Morgan fingerprint density at radius 1 is 0.750 bits per heavy atom.